The molecule has 0 spiro atoms. The minimum atomic E-state index is -0.0769. The Hall–Kier alpha value is -4.42. The highest BCUT2D eigenvalue weighted by atomic mass is 14.4. The predicted molar refractivity (Wildman–Crippen MR) is 182 cm³/mol. The van der Waals surface area contributed by atoms with Crippen molar-refractivity contribution in [3.8, 4) is 33.4 Å². The largest absolute Gasteiger partial charge is 0.0620 e. The Balaban J connectivity index is 1.29. The molecule has 0 nitrogen and oxygen atoms in total. The molecule has 0 fully saturated rings. The minimum absolute atomic E-state index is 0.0769. The van der Waals surface area contributed by atoms with Gasteiger partial charge in [-0.2, -0.15) is 0 Å². The Morgan fingerprint density at radius 3 is 1.69 bits per heavy atom. The lowest BCUT2D eigenvalue weighted by molar-refractivity contribution is 0.591. The van der Waals surface area contributed by atoms with Crippen molar-refractivity contribution >= 4 is 32.3 Å². The van der Waals surface area contributed by atoms with Gasteiger partial charge in [-0.15, -0.1) is 0 Å². The molecule has 0 heteroatoms. The van der Waals surface area contributed by atoms with Crippen molar-refractivity contribution in [3.05, 3.63) is 131 Å². The summed E-state index contributed by atoms with van der Waals surface area (Å²) in [5.74, 6) is 0. The van der Waals surface area contributed by atoms with E-state index in [-0.39, 0.29) is 10.8 Å². The first-order chi connectivity index (χ1) is 20.1. The molecule has 0 N–H and O–H groups in total. The van der Waals surface area contributed by atoms with Crippen LogP contribution in [0, 0.1) is 6.92 Å². The molecule has 42 heavy (non-hydrogen) atoms. The molecular weight excluding hydrogens is 504 g/mol. The minimum Gasteiger partial charge on any atom is -0.0620 e. The van der Waals surface area contributed by atoms with Crippen molar-refractivity contribution < 1.29 is 0 Å². The summed E-state index contributed by atoms with van der Waals surface area (Å²) in [7, 11) is 0. The van der Waals surface area contributed by atoms with E-state index in [1.165, 1.54) is 88.0 Å². The smallest absolute Gasteiger partial charge is 0.0159 e. The first-order valence-electron chi connectivity index (χ1n) is 15.2. The van der Waals surface area contributed by atoms with Gasteiger partial charge in [-0.05, 0) is 112 Å². The van der Waals surface area contributed by atoms with Gasteiger partial charge in [-0.25, -0.2) is 0 Å². The highest BCUT2D eigenvalue weighted by Gasteiger charge is 2.36. The van der Waals surface area contributed by atoms with E-state index in [1.54, 1.807) is 0 Å². The quantitative estimate of drug-likeness (QED) is 0.191. The Bertz CT molecular complexity index is 2180. The first-order valence-corrected chi connectivity index (χ1v) is 15.2. The van der Waals surface area contributed by atoms with E-state index in [4.69, 9.17) is 0 Å². The summed E-state index contributed by atoms with van der Waals surface area (Å²) < 4.78 is 0. The van der Waals surface area contributed by atoms with Gasteiger partial charge >= 0.3 is 0 Å². The lowest BCUT2D eigenvalue weighted by Crippen LogP contribution is -2.15. The monoisotopic (exact) mass is 540 g/mol. The average molecular weight is 541 g/mol. The number of aryl methyl sites for hydroxylation is 1. The van der Waals surface area contributed by atoms with Crippen molar-refractivity contribution in [2.75, 3.05) is 0 Å². The van der Waals surface area contributed by atoms with Crippen LogP contribution in [0.4, 0.5) is 0 Å². The molecule has 0 bridgehead atoms. The van der Waals surface area contributed by atoms with Crippen molar-refractivity contribution in [3.63, 3.8) is 0 Å². The summed E-state index contributed by atoms with van der Waals surface area (Å²) in [6.45, 7) is 13.9. The van der Waals surface area contributed by atoms with Crippen molar-refractivity contribution in [1.82, 2.24) is 0 Å². The summed E-state index contributed by atoms with van der Waals surface area (Å²) in [6, 6.07) is 41.7. The number of hydrogen-bond acceptors (Lipinski definition) is 0. The fourth-order valence-electron chi connectivity index (χ4n) is 7.47. The van der Waals surface area contributed by atoms with Gasteiger partial charge in [0, 0.05) is 5.41 Å². The molecule has 0 radical (unpaired) electrons. The van der Waals surface area contributed by atoms with E-state index in [2.05, 4.69) is 151 Å². The fourth-order valence-corrected chi connectivity index (χ4v) is 7.47. The van der Waals surface area contributed by atoms with Crippen LogP contribution >= 0.6 is 0 Å². The number of benzene rings is 7. The third kappa shape index (κ3) is 3.54. The molecule has 0 saturated heterocycles. The highest BCUT2D eigenvalue weighted by molar-refractivity contribution is 6.25. The third-order valence-electron chi connectivity index (χ3n) is 9.91. The normalized spacial score (nSPS) is 14.1. The maximum Gasteiger partial charge on any atom is 0.0159 e. The van der Waals surface area contributed by atoms with Gasteiger partial charge in [0.25, 0.3) is 0 Å². The van der Waals surface area contributed by atoms with Crippen LogP contribution in [-0.4, -0.2) is 0 Å². The van der Waals surface area contributed by atoms with E-state index in [0.717, 1.165) is 0 Å². The molecule has 7 aromatic rings. The number of hydrogen-bond donors (Lipinski definition) is 0. The van der Waals surface area contributed by atoms with Gasteiger partial charge in [0.05, 0.1) is 0 Å². The summed E-state index contributed by atoms with van der Waals surface area (Å²) in [5.41, 5.74) is 13.5. The molecule has 0 aromatic heterocycles. The van der Waals surface area contributed by atoms with E-state index in [9.17, 15) is 0 Å². The predicted octanol–water partition coefficient (Wildman–Crippen LogP) is 11.8. The topological polar surface area (TPSA) is 0 Å². The average Bonchev–Trinajstić information content (AvgIpc) is 3.20. The fraction of sp³-hybridized carbons (Fsp3) is 0.190. The number of rotatable bonds is 2. The second-order valence-electron chi connectivity index (χ2n) is 13.9. The standard InChI is InChI=1S/C42H36/c1-25-9-7-8-10-32(25)27-14-18-34-35-19-15-28(24-38(35)42(5,6)37(34)23-27)33-17-13-26-11-12-29-21-31(41(2,3)4)22-30-16-20-36(33)40(26)39(29)30/h7-24H,1-6H3. The molecular formula is C42H36. The maximum absolute atomic E-state index is 2.46. The molecule has 204 valence electrons. The van der Waals surface area contributed by atoms with E-state index in [1.807, 2.05) is 0 Å². The summed E-state index contributed by atoms with van der Waals surface area (Å²) in [6.07, 6.45) is 0. The molecule has 0 heterocycles. The van der Waals surface area contributed by atoms with Gasteiger partial charge in [-0.3, -0.25) is 0 Å². The van der Waals surface area contributed by atoms with Crippen LogP contribution in [0.5, 0.6) is 0 Å². The van der Waals surface area contributed by atoms with Crippen LogP contribution in [0.15, 0.2) is 109 Å². The van der Waals surface area contributed by atoms with Crippen LogP contribution in [0.3, 0.4) is 0 Å². The van der Waals surface area contributed by atoms with Crippen molar-refractivity contribution in [1.29, 1.82) is 0 Å². The molecule has 0 unspecified atom stereocenters. The second-order valence-corrected chi connectivity index (χ2v) is 13.9. The Morgan fingerprint density at radius 2 is 1.05 bits per heavy atom. The highest BCUT2D eigenvalue weighted by Crippen LogP contribution is 2.51. The van der Waals surface area contributed by atoms with Gasteiger partial charge in [0.2, 0.25) is 0 Å². The Kier molecular flexibility index (Phi) is 5.15. The van der Waals surface area contributed by atoms with Gasteiger partial charge in [0.15, 0.2) is 0 Å². The third-order valence-corrected chi connectivity index (χ3v) is 9.91. The Morgan fingerprint density at radius 1 is 0.500 bits per heavy atom. The molecule has 0 saturated carbocycles. The molecule has 0 aliphatic heterocycles. The lowest BCUT2D eigenvalue weighted by atomic mass is 9.80. The van der Waals surface area contributed by atoms with Crippen LogP contribution < -0.4 is 0 Å². The zero-order chi connectivity index (χ0) is 29.0. The molecule has 0 atom stereocenters. The zero-order valence-corrected chi connectivity index (χ0v) is 25.4. The molecule has 7 aromatic carbocycles. The lowest BCUT2D eigenvalue weighted by Gasteiger charge is -2.23. The second kappa shape index (κ2) is 8.55. The van der Waals surface area contributed by atoms with Crippen LogP contribution in [0.2, 0.25) is 0 Å². The zero-order valence-electron chi connectivity index (χ0n) is 25.4. The van der Waals surface area contributed by atoms with Crippen LogP contribution in [0.25, 0.3) is 65.7 Å². The van der Waals surface area contributed by atoms with E-state index in [0.29, 0.717) is 0 Å². The maximum atomic E-state index is 2.46. The SMILES string of the molecule is Cc1ccccc1-c1ccc2c(c1)C(C)(C)c1cc(-c3ccc4ccc5cc(C(C)(C)C)cc6ccc3c4c56)ccc1-2. The molecule has 1 aliphatic rings. The summed E-state index contributed by atoms with van der Waals surface area (Å²) in [4.78, 5) is 0. The van der Waals surface area contributed by atoms with E-state index >= 15 is 0 Å². The van der Waals surface area contributed by atoms with Crippen LogP contribution in [-0.2, 0) is 10.8 Å². The van der Waals surface area contributed by atoms with Crippen LogP contribution in [0.1, 0.15) is 56.9 Å². The van der Waals surface area contributed by atoms with Gasteiger partial charge < -0.3 is 0 Å². The van der Waals surface area contributed by atoms with E-state index < -0.39 is 0 Å². The van der Waals surface area contributed by atoms with Gasteiger partial charge in [0.1, 0.15) is 0 Å². The first kappa shape index (κ1) is 25.3. The molecule has 0 amide bonds. The number of fused-ring (bicyclic) bond motifs is 3. The molecule has 1 aliphatic carbocycles. The summed E-state index contributed by atoms with van der Waals surface area (Å²) in [5, 5.41) is 8.09. The Labute approximate surface area is 249 Å². The van der Waals surface area contributed by atoms with Crippen molar-refractivity contribution in [2.45, 2.75) is 52.4 Å². The van der Waals surface area contributed by atoms with Crippen molar-refractivity contribution in [2.24, 2.45) is 0 Å². The molecule has 8 rings (SSSR count). The van der Waals surface area contributed by atoms with Gasteiger partial charge in [-0.1, -0.05) is 132 Å². The summed E-state index contributed by atoms with van der Waals surface area (Å²) >= 11 is 0.